The summed E-state index contributed by atoms with van der Waals surface area (Å²) in [6.07, 6.45) is -0.828. The molecule has 1 aromatic carbocycles. The Morgan fingerprint density at radius 3 is 2.61 bits per heavy atom. The van der Waals surface area contributed by atoms with E-state index in [0.717, 1.165) is 15.3 Å². The Labute approximate surface area is 212 Å². The Hall–Kier alpha value is -3.50. The number of amides is 2. The molecule has 4 aliphatic heterocycles. The molecule has 0 radical (unpaired) electrons. The Bertz CT molecular complexity index is 1320. The quantitative estimate of drug-likeness (QED) is 0.615. The fourth-order valence-electron chi connectivity index (χ4n) is 5.97. The van der Waals surface area contributed by atoms with Gasteiger partial charge >= 0.3 is 5.97 Å². The van der Waals surface area contributed by atoms with Crippen molar-refractivity contribution in [1.82, 2.24) is 14.7 Å². The van der Waals surface area contributed by atoms with Crippen molar-refractivity contribution in [2.24, 2.45) is 16.8 Å². The predicted molar refractivity (Wildman–Crippen MR) is 133 cm³/mol. The van der Waals surface area contributed by atoms with Crippen LogP contribution in [0.25, 0.3) is 5.57 Å². The Balaban J connectivity index is 1.25. The molecule has 0 bridgehead atoms. The molecule has 186 valence electrons. The van der Waals surface area contributed by atoms with E-state index in [1.165, 1.54) is 16.2 Å². The molecule has 0 unspecified atom stereocenters. The second kappa shape index (κ2) is 8.28. The van der Waals surface area contributed by atoms with Gasteiger partial charge in [0, 0.05) is 39.9 Å². The largest absolute Gasteiger partial charge is 0.477 e. The lowest BCUT2D eigenvalue weighted by Gasteiger charge is -2.46. The number of hydrogen-bond acceptors (Lipinski definition) is 7. The molecule has 1 saturated heterocycles. The van der Waals surface area contributed by atoms with E-state index < -0.39 is 18.0 Å². The minimum Gasteiger partial charge on any atom is -0.477 e. The second-order valence-electron chi connectivity index (χ2n) is 9.74. The number of carbonyl (C=O) groups excluding carboxylic acids is 2. The molecule has 5 heterocycles. The van der Waals surface area contributed by atoms with Gasteiger partial charge in [-0.2, -0.15) is 0 Å². The van der Waals surface area contributed by atoms with Gasteiger partial charge in [-0.3, -0.25) is 19.5 Å². The smallest absolute Gasteiger partial charge is 0.352 e. The summed E-state index contributed by atoms with van der Waals surface area (Å²) >= 11 is 1.53. The number of aliphatic hydroxyl groups excluding tert-OH is 1. The third kappa shape index (κ3) is 3.24. The van der Waals surface area contributed by atoms with E-state index in [9.17, 15) is 24.6 Å². The number of benzene rings is 1. The minimum absolute atomic E-state index is 0.0333. The topological polar surface area (TPSA) is 114 Å². The van der Waals surface area contributed by atoms with E-state index in [4.69, 9.17) is 0 Å². The van der Waals surface area contributed by atoms with E-state index in [1.54, 1.807) is 24.0 Å². The molecule has 0 aliphatic carbocycles. The molecular weight excluding hydrogens is 480 g/mol. The lowest BCUT2D eigenvalue weighted by Crippen LogP contribution is -2.63. The van der Waals surface area contributed by atoms with Crippen molar-refractivity contribution in [1.29, 1.82) is 0 Å². The number of aliphatic hydroxyl groups is 1. The lowest BCUT2D eigenvalue weighted by atomic mass is 9.77. The van der Waals surface area contributed by atoms with Gasteiger partial charge in [0.25, 0.3) is 5.91 Å². The van der Waals surface area contributed by atoms with Crippen LogP contribution in [0.3, 0.4) is 0 Å². The van der Waals surface area contributed by atoms with E-state index in [0.29, 0.717) is 43.3 Å². The van der Waals surface area contributed by atoms with Crippen molar-refractivity contribution in [3.8, 4) is 0 Å². The number of aliphatic imine (C=N–C) groups is 1. The molecule has 6 rings (SSSR count). The standard InChI is InChI=1S/C26H26N4O5S/c1-13-19(22(25(34)35)30-21(13)20(14(2)31)24(30)33)17-10-16-11-28(12-18(16)36-17)26-27-8-9-29(26)23(32)15-6-4-3-5-7-15/h3-7,10,13-14,20-21,31H,8-9,11-12H2,1-2H3,(H,34,35)/t13-,14+,20+,21+/m0/s1. The van der Waals surface area contributed by atoms with Gasteiger partial charge in [-0.25, -0.2) is 4.79 Å². The summed E-state index contributed by atoms with van der Waals surface area (Å²) < 4.78 is 0. The number of thiophene rings is 1. The molecule has 0 spiro atoms. The molecule has 4 atom stereocenters. The third-order valence-corrected chi connectivity index (χ3v) is 8.79. The van der Waals surface area contributed by atoms with Crippen molar-refractivity contribution in [2.75, 3.05) is 13.1 Å². The number of fused-ring (bicyclic) bond motifs is 2. The number of nitrogens with zero attached hydrogens (tertiary/aromatic N) is 4. The molecule has 36 heavy (non-hydrogen) atoms. The van der Waals surface area contributed by atoms with Crippen molar-refractivity contribution in [3.05, 3.63) is 63.0 Å². The summed E-state index contributed by atoms with van der Waals surface area (Å²) in [7, 11) is 0. The number of rotatable bonds is 4. The number of β-lactam (4-membered cyclic amide) rings is 1. The number of carboxylic acid groups (broad SMARTS) is 1. The van der Waals surface area contributed by atoms with Crippen LogP contribution in [-0.4, -0.2) is 73.9 Å². The van der Waals surface area contributed by atoms with E-state index >= 15 is 0 Å². The van der Waals surface area contributed by atoms with Crippen LogP contribution in [0.2, 0.25) is 0 Å². The van der Waals surface area contributed by atoms with E-state index in [1.807, 2.05) is 31.2 Å². The van der Waals surface area contributed by atoms with Gasteiger partial charge in [-0.05, 0) is 30.7 Å². The molecule has 0 saturated carbocycles. The summed E-state index contributed by atoms with van der Waals surface area (Å²) in [4.78, 5) is 49.7. The van der Waals surface area contributed by atoms with Gasteiger partial charge in [-0.15, -0.1) is 11.3 Å². The Morgan fingerprint density at radius 2 is 1.94 bits per heavy atom. The van der Waals surface area contributed by atoms with E-state index in [2.05, 4.69) is 9.89 Å². The monoisotopic (exact) mass is 506 g/mol. The average molecular weight is 507 g/mol. The molecule has 1 fully saturated rings. The molecular formula is C26H26N4O5S. The minimum atomic E-state index is -1.12. The average Bonchev–Trinajstić information content (AvgIpc) is 3.59. The van der Waals surface area contributed by atoms with Gasteiger partial charge < -0.3 is 20.0 Å². The molecule has 10 heteroatoms. The summed E-state index contributed by atoms with van der Waals surface area (Å²) in [6.45, 7) is 5.78. The van der Waals surface area contributed by atoms with Crippen molar-refractivity contribution < 1.29 is 24.6 Å². The van der Waals surface area contributed by atoms with Gasteiger partial charge in [0.15, 0.2) is 0 Å². The maximum absolute atomic E-state index is 13.1. The highest BCUT2D eigenvalue weighted by atomic mass is 32.1. The summed E-state index contributed by atoms with van der Waals surface area (Å²) in [6, 6.07) is 10.9. The molecule has 4 aliphatic rings. The SMILES string of the molecule is C[C@@H](O)[C@H]1C(=O)N2C(C(=O)O)=C(c3cc4c(s3)CN(C3=NCCN3C(=O)c3ccccc3)C4)[C@H](C)[C@H]12. The van der Waals surface area contributed by atoms with Gasteiger partial charge in [0.05, 0.1) is 31.2 Å². The van der Waals surface area contributed by atoms with E-state index in [-0.39, 0.29) is 29.5 Å². The highest BCUT2D eigenvalue weighted by Crippen LogP contribution is 2.52. The highest BCUT2D eigenvalue weighted by molar-refractivity contribution is 7.13. The first kappa shape index (κ1) is 22.9. The summed E-state index contributed by atoms with van der Waals surface area (Å²) in [5.74, 6) is -1.62. The molecule has 2 amide bonds. The predicted octanol–water partition coefficient (Wildman–Crippen LogP) is 2.23. The summed E-state index contributed by atoms with van der Waals surface area (Å²) in [5.41, 5.74) is 2.40. The maximum Gasteiger partial charge on any atom is 0.352 e. The third-order valence-electron chi connectivity index (χ3n) is 7.60. The van der Waals surface area contributed by atoms with Crippen LogP contribution in [-0.2, 0) is 22.7 Å². The van der Waals surface area contributed by atoms with Crippen LogP contribution in [0.1, 0.15) is 39.5 Å². The summed E-state index contributed by atoms with van der Waals surface area (Å²) in [5, 5.41) is 20.1. The highest BCUT2D eigenvalue weighted by Gasteiger charge is 2.60. The number of carboxylic acids is 1. The Morgan fingerprint density at radius 1 is 1.19 bits per heavy atom. The van der Waals surface area contributed by atoms with Crippen LogP contribution in [0.15, 0.2) is 47.1 Å². The number of guanidine groups is 1. The van der Waals surface area contributed by atoms with Crippen molar-refractivity contribution >= 4 is 40.7 Å². The van der Waals surface area contributed by atoms with Gasteiger partial charge in [0.1, 0.15) is 5.70 Å². The zero-order valence-electron chi connectivity index (χ0n) is 19.9. The second-order valence-corrected chi connectivity index (χ2v) is 10.9. The van der Waals surface area contributed by atoms with Crippen molar-refractivity contribution in [3.63, 3.8) is 0 Å². The van der Waals surface area contributed by atoms with Crippen molar-refractivity contribution in [2.45, 2.75) is 39.1 Å². The fourth-order valence-corrected chi connectivity index (χ4v) is 7.31. The first-order valence-electron chi connectivity index (χ1n) is 12.0. The maximum atomic E-state index is 13.1. The molecule has 2 aromatic rings. The van der Waals surface area contributed by atoms with Crippen LogP contribution in [0.4, 0.5) is 0 Å². The van der Waals surface area contributed by atoms with Crippen LogP contribution < -0.4 is 0 Å². The van der Waals surface area contributed by atoms with Crippen LogP contribution >= 0.6 is 11.3 Å². The van der Waals surface area contributed by atoms with Gasteiger partial charge in [0.2, 0.25) is 11.9 Å². The zero-order valence-corrected chi connectivity index (χ0v) is 20.7. The van der Waals surface area contributed by atoms with Crippen LogP contribution in [0.5, 0.6) is 0 Å². The number of carbonyl (C=O) groups is 3. The van der Waals surface area contributed by atoms with Gasteiger partial charge in [-0.1, -0.05) is 25.1 Å². The number of aliphatic carboxylic acids is 1. The zero-order chi connectivity index (χ0) is 25.3. The first-order valence-corrected chi connectivity index (χ1v) is 12.9. The Kier molecular flexibility index (Phi) is 5.27. The van der Waals surface area contributed by atoms with Crippen LogP contribution in [0, 0.1) is 11.8 Å². The molecule has 2 N–H and O–H groups in total. The number of hydrogen-bond donors (Lipinski definition) is 2. The lowest BCUT2D eigenvalue weighted by molar-refractivity contribution is -0.163. The fraction of sp³-hybridized carbons (Fsp3) is 0.385. The molecule has 9 nitrogen and oxygen atoms in total. The normalized spacial score (nSPS) is 25.6. The first-order chi connectivity index (χ1) is 17.3. The molecule has 1 aromatic heterocycles.